The van der Waals surface area contributed by atoms with E-state index in [0.717, 1.165) is 35.1 Å². The van der Waals surface area contributed by atoms with Gasteiger partial charge in [0.2, 0.25) is 0 Å². The van der Waals surface area contributed by atoms with E-state index >= 15 is 0 Å². The summed E-state index contributed by atoms with van der Waals surface area (Å²) in [4.78, 5) is 14.7. The maximum absolute atomic E-state index is 12.4. The van der Waals surface area contributed by atoms with Crippen molar-refractivity contribution in [3.63, 3.8) is 0 Å². The van der Waals surface area contributed by atoms with Gasteiger partial charge in [0, 0.05) is 22.6 Å². The van der Waals surface area contributed by atoms with Gasteiger partial charge in [-0.05, 0) is 50.6 Å². The molecule has 2 unspecified atom stereocenters. The van der Waals surface area contributed by atoms with Crippen molar-refractivity contribution < 1.29 is 4.79 Å². The first-order valence-electron chi connectivity index (χ1n) is 6.73. The Morgan fingerprint density at radius 3 is 2.89 bits per heavy atom. The van der Waals surface area contributed by atoms with Crippen LogP contribution < -0.4 is 5.32 Å². The number of hydrogen-bond donors (Lipinski definition) is 1. The van der Waals surface area contributed by atoms with Crippen molar-refractivity contribution in [1.29, 1.82) is 0 Å². The molecule has 19 heavy (non-hydrogen) atoms. The van der Waals surface area contributed by atoms with E-state index in [1.807, 2.05) is 25.1 Å². The molecule has 1 aromatic rings. The van der Waals surface area contributed by atoms with Crippen molar-refractivity contribution in [2.24, 2.45) is 5.92 Å². The number of hydrogen-bond acceptors (Lipinski definition) is 2. The Hall–Kier alpha value is -0.870. The van der Waals surface area contributed by atoms with Gasteiger partial charge in [0.05, 0.1) is 0 Å². The Balaban J connectivity index is 2.06. The summed E-state index contributed by atoms with van der Waals surface area (Å²) >= 11 is 3.42. The first-order chi connectivity index (χ1) is 8.97. The largest absolute Gasteiger partial charge is 0.349 e. The maximum Gasteiger partial charge on any atom is 0.251 e. The Bertz CT molecular complexity index is 475. The molecule has 4 heteroatoms. The third-order valence-corrected chi connectivity index (χ3v) is 4.36. The lowest BCUT2D eigenvalue weighted by Crippen LogP contribution is -2.48. The van der Waals surface area contributed by atoms with Gasteiger partial charge in [-0.25, -0.2) is 0 Å². The summed E-state index contributed by atoms with van der Waals surface area (Å²) in [6.07, 6.45) is 1.02. The van der Waals surface area contributed by atoms with E-state index in [0.29, 0.717) is 5.92 Å². The van der Waals surface area contributed by atoms with Gasteiger partial charge in [-0.15, -0.1) is 0 Å². The van der Waals surface area contributed by atoms with Crippen LogP contribution in [0.15, 0.2) is 22.7 Å². The van der Waals surface area contributed by atoms with E-state index < -0.39 is 0 Å². The standard InChI is InChI=1S/C15H21BrN2O/c1-10-4-5-12(16)8-13(10)15(19)17-14-6-7-18(3)9-11(14)2/h4-5,8,11,14H,6-7,9H2,1-3H3,(H,17,19). The molecule has 1 fully saturated rings. The van der Waals surface area contributed by atoms with Crippen LogP contribution in [0.5, 0.6) is 0 Å². The number of aryl methyl sites for hydroxylation is 1. The average Bonchev–Trinajstić information content (AvgIpc) is 2.35. The van der Waals surface area contributed by atoms with Crippen molar-refractivity contribution in [3.05, 3.63) is 33.8 Å². The lowest BCUT2D eigenvalue weighted by molar-refractivity contribution is 0.0883. The second-order valence-corrected chi connectivity index (χ2v) is 6.48. The number of rotatable bonds is 2. The number of nitrogens with one attached hydrogen (secondary N) is 1. The molecule has 1 heterocycles. The van der Waals surface area contributed by atoms with E-state index in [9.17, 15) is 4.79 Å². The van der Waals surface area contributed by atoms with E-state index in [1.54, 1.807) is 0 Å². The second-order valence-electron chi connectivity index (χ2n) is 5.57. The Morgan fingerprint density at radius 2 is 2.21 bits per heavy atom. The summed E-state index contributed by atoms with van der Waals surface area (Å²) in [7, 11) is 2.13. The lowest BCUT2D eigenvalue weighted by Gasteiger charge is -2.35. The zero-order chi connectivity index (χ0) is 14.0. The summed E-state index contributed by atoms with van der Waals surface area (Å²) in [5.41, 5.74) is 1.78. The maximum atomic E-state index is 12.4. The van der Waals surface area contributed by atoms with Crippen LogP contribution in [0.4, 0.5) is 0 Å². The molecule has 3 nitrogen and oxygen atoms in total. The second kappa shape index (κ2) is 6.06. The van der Waals surface area contributed by atoms with Crippen LogP contribution in [0.2, 0.25) is 0 Å². The molecular formula is C15H21BrN2O. The van der Waals surface area contributed by atoms with E-state index in [1.165, 1.54) is 0 Å². The fourth-order valence-corrected chi connectivity index (χ4v) is 3.01. The highest BCUT2D eigenvalue weighted by molar-refractivity contribution is 9.10. The Labute approximate surface area is 123 Å². The number of amides is 1. The van der Waals surface area contributed by atoms with Gasteiger partial charge < -0.3 is 10.2 Å². The molecule has 0 aromatic heterocycles. The zero-order valence-electron chi connectivity index (χ0n) is 11.7. The zero-order valence-corrected chi connectivity index (χ0v) is 13.3. The number of likely N-dealkylation sites (tertiary alicyclic amines) is 1. The first-order valence-corrected chi connectivity index (χ1v) is 7.52. The van der Waals surface area contributed by atoms with Crippen LogP contribution in [-0.4, -0.2) is 37.0 Å². The van der Waals surface area contributed by atoms with Gasteiger partial charge >= 0.3 is 0 Å². The summed E-state index contributed by atoms with van der Waals surface area (Å²) in [5.74, 6) is 0.537. The number of benzene rings is 1. The molecule has 1 N–H and O–H groups in total. The highest BCUT2D eigenvalue weighted by atomic mass is 79.9. The molecule has 0 radical (unpaired) electrons. The third-order valence-electron chi connectivity index (χ3n) is 3.87. The molecule has 1 saturated heterocycles. The molecular weight excluding hydrogens is 304 g/mol. The minimum Gasteiger partial charge on any atom is -0.349 e. The molecule has 0 bridgehead atoms. The quantitative estimate of drug-likeness (QED) is 0.907. The molecule has 104 valence electrons. The van der Waals surface area contributed by atoms with Gasteiger partial charge in [0.1, 0.15) is 0 Å². The summed E-state index contributed by atoms with van der Waals surface area (Å²) in [5, 5.41) is 3.19. The number of piperidine rings is 1. The monoisotopic (exact) mass is 324 g/mol. The molecule has 0 aliphatic carbocycles. The molecule has 1 aliphatic heterocycles. The number of halogens is 1. The van der Waals surface area contributed by atoms with Gasteiger partial charge in [-0.3, -0.25) is 4.79 Å². The topological polar surface area (TPSA) is 32.3 Å². The van der Waals surface area contributed by atoms with Crippen LogP contribution in [0, 0.1) is 12.8 Å². The normalized spacial score (nSPS) is 24.2. The van der Waals surface area contributed by atoms with Crippen molar-refractivity contribution in [1.82, 2.24) is 10.2 Å². The number of carbonyl (C=O) groups excluding carboxylic acids is 1. The summed E-state index contributed by atoms with van der Waals surface area (Å²) in [6, 6.07) is 6.10. The van der Waals surface area contributed by atoms with Gasteiger partial charge in [0.15, 0.2) is 0 Å². The number of carbonyl (C=O) groups is 1. The predicted octanol–water partition coefficient (Wildman–Crippen LogP) is 2.83. The lowest BCUT2D eigenvalue weighted by atomic mass is 9.93. The molecule has 1 aromatic carbocycles. The minimum atomic E-state index is 0.0419. The van der Waals surface area contributed by atoms with Crippen LogP contribution in [0.1, 0.15) is 29.3 Å². The predicted molar refractivity (Wildman–Crippen MR) is 81.4 cm³/mol. The molecule has 2 atom stereocenters. The average molecular weight is 325 g/mol. The van der Waals surface area contributed by atoms with Crippen molar-refractivity contribution in [2.75, 3.05) is 20.1 Å². The van der Waals surface area contributed by atoms with Crippen LogP contribution >= 0.6 is 15.9 Å². The molecule has 1 aliphatic rings. The van der Waals surface area contributed by atoms with Crippen LogP contribution in [0.3, 0.4) is 0 Å². The van der Waals surface area contributed by atoms with Gasteiger partial charge in [-0.2, -0.15) is 0 Å². The van der Waals surface area contributed by atoms with Gasteiger partial charge in [-0.1, -0.05) is 28.9 Å². The highest BCUT2D eigenvalue weighted by Gasteiger charge is 2.26. The van der Waals surface area contributed by atoms with Crippen LogP contribution in [0.25, 0.3) is 0 Å². The highest BCUT2D eigenvalue weighted by Crippen LogP contribution is 2.19. The van der Waals surface area contributed by atoms with Crippen LogP contribution in [-0.2, 0) is 0 Å². The van der Waals surface area contributed by atoms with E-state index in [4.69, 9.17) is 0 Å². The molecule has 2 rings (SSSR count). The van der Waals surface area contributed by atoms with Crippen molar-refractivity contribution in [3.8, 4) is 0 Å². The fraction of sp³-hybridized carbons (Fsp3) is 0.533. The molecule has 0 saturated carbocycles. The van der Waals surface area contributed by atoms with Crippen molar-refractivity contribution in [2.45, 2.75) is 26.3 Å². The SMILES string of the molecule is Cc1ccc(Br)cc1C(=O)NC1CCN(C)CC1C. The van der Waals surface area contributed by atoms with Gasteiger partial charge in [0.25, 0.3) is 5.91 Å². The summed E-state index contributed by atoms with van der Waals surface area (Å²) < 4.78 is 0.944. The number of nitrogens with zero attached hydrogens (tertiary/aromatic N) is 1. The summed E-state index contributed by atoms with van der Waals surface area (Å²) in [6.45, 7) is 6.27. The minimum absolute atomic E-state index is 0.0419. The fourth-order valence-electron chi connectivity index (χ4n) is 2.65. The molecule has 0 spiro atoms. The van der Waals surface area contributed by atoms with E-state index in [2.05, 4.69) is 40.1 Å². The van der Waals surface area contributed by atoms with Crippen molar-refractivity contribution >= 4 is 21.8 Å². The third kappa shape index (κ3) is 3.57. The Morgan fingerprint density at radius 1 is 1.47 bits per heavy atom. The first kappa shape index (κ1) is 14.5. The van der Waals surface area contributed by atoms with E-state index in [-0.39, 0.29) is 11.9 Å². The smallest absolute Gasteiger partial charge is 0.251 e. The molecule has 1 amide bonds. The Kier molecular flexibility index (Phi) is 4.63.